The number of benzene rings is 7. The number of nitrogens with zero attached hydrogens (tertiary/aromatic N) is 1. The van der Waals surface area contributed by atoms with Gasteiger partial charge in [0.15, 0.2) is 0 Å². The van der Waals surface area contributed by atoms with E-state index in [1.807, 2.05) is 0 Å². The van der Waals surface area contributed by atoms with Crippen molar-refractivity contribution in [2.24, 2.45) is 0 Å². The number of hydrogen-bond donors (Lipinski definition) is 0. The van der Waals surface area contributed by atoms with Gasteiger partial charge in [-0.25, -0.2) is 4.98 Å². The topological polar surface area (TPSA) is 12.9 Å². The fourth-order valence-corrected chi connectivity index (χ4v) is 9.57. The summed E-state index contributed by atoms with van der Waals surface area (Å²) in [7, 11) is 0. The molecule has 1 saturated carbocycles. The van der Waals surface area contributed by atoms with E-state index >= 15 is 0 Å². The van der Waals surface area contributed by atoms with Crippen molar-refractivity contribution in [2.45, 2.75) is 31.1 Å². The summed E-state index contributed by atoms with van der Waals surface area (Å²) in [4.78, 5) is 5.73. The Bertz CT molecular complexity index is 2640. The fourth-order valence-electron chi connectivity index (χ4n) is 9.57. The Labute approximate surface area is 286 Å². The molecule has 2 bridgehead atoms. The van der Waals surface area contributed by atoms with E-state index in [0.717, 1.165) is 5.52 Å². The van der Waals surface area contributed by atoms with Crippen molar-refractivity contribution in [3.8, 4) is 66.9 Å². The van der Waals surface area contributed by atoms with Crippen LogP contribution >= 0.6 is 0 Å². The Morgan fingerprint density at radius 1 is 0.367 bits per heavy atom. The summed E-state index contributed by atoms with van der Waals surface area (Å²) >= 11 is 0. The Morgan fingerprint density at radius 3 is 1.51 bits per heavy atom. The van der Waals surface area contributed by atoms with Crippen molar-refractivity contribution in [1.82, 2.24) is 4.98 Å². The van der Waals surface area contributed by atoms with Crippen LogP contribution in [0, 0.1) is 0 Å². The van der Waals surface area contributed by atoms with Gasteiger partial charge in [-0.2, -0.15) is 0 Å². The van der Waals surface area contributed by atoms with Gasteiger partial charge in [-0.1, -0.05) is 140 Å². The normalized spacial score (nSPS) is 16.7. The Balaban J connectivity index is 1.21. The molecular weight excluding hydrogens is 591 g/mol. The van der Waals surface area contributed by atoms with Gasteiger partial charge < -0.3 is 0 Å². The van der Waals surface area contributed by atoms with Crippen LogP contribution < -0.4 is 0 Å². The van der Waals surface area contributed by atoms with Gasteiger partial charge in [-0.3, -0.25) is 0 Å². The monoisotopic (exact) mass is 623 g/mol. The van der Waals surface area contributed by atoms with Crippen molar-refractivity contribution in [3.63, 3.8) is 0 Å². The van der Waals surface area contributed by atoms with Gasteiger partial charge in [0.1, 0.15) is 0 Å². The highest BCUT2D eigenvalue weighted by Crippen LogP contribution is 2.58. The minimum absolute atomic E-state index is 0.570. The van der Waals surface area contributed by atoms with E-state index in [2.05, 4.69) is 152 Å². The highest BCUT2D eigenvalue weighted by Gasteiger charge is 2.41. The second-order valence-electron chi connectivity index (χ2n) is 14.1. The molecule has 1 heteroatoms. The first kappa shape index (κ1) is 27.2. The van der Waals surface area contributed by atoms with Crippen LogP contribution in [0.5, 0.6) is 0 Å². The summed E-state index contributed by atoms with van der Waals surface area (Å²) in [6, 6.07) is 56.2. The molecule has 2 atom stereocenters. The van der Waals surface area contributed by atoms with Crippen LogP contribution in [-0.4, -0.2) is 4.98 Å². The fraction of sp³-hybridized carbons (Fsp3) is 0.104. The van der Waals surface area contributed by atoms with Crippen LogP contribution in [0.25, 0.3) is 88.6 Å². The van der Waals surface area contributed by atoms with Crippen LogP contribution in [0.1, 0.15) is 42.2 Å². The molecule has 0 N–H and O–H groups in total. The summed E-state index contributed by atoms with van der Waals surface area (Å²) in [5.41, 5.74) is 19.4. The van der Waals surface area contributed by atoms with E-state index in [9.17, 15) is 0 Å². The zero-order valence-corrected chi connectivity index (χ0v) is 27.2. The molecule has 7 aromatic carbocycles. The van der Waals surface area contributed by atoms with Crippen LogP contribution in [0.3, 0.4) is 0 Å². The average Bonchev–Trinajstić information content (AvgIpc) is 3.80. The minimum atomic E-state index is 0.570. The molecule has 11 rings (SSSR count). The van der Waals surface area contributed by atoms with E-state index in [4.69, 9.17) is 4.98 Å². The van der Waals surface area contributed by atoms with Gasteiger partial charge in [0.25, 0.3) is 0 Å². The van der Waals surface area contributed by atoms with E-state index in [1.165, 1.54) is 108 Å². The molecule has 1 aromatic heterocycles. The number of rotatable bonds is 2. The second kappa shape index (κ2) is 10.4. The molecule has 0 aliphatic heterocycles. The molecule has 0 amide bonds. The maximum atomic E-state index is 5.73. The molecule has 230 valence electrons. The molecule has 1 heterocycles. The molecule has 49 heavy (non-hydrogen) atoms. The van der Waals surface area contributed by atoms with E-state index < -0.39 is 0 Å². The van der Waals surface area contributed by atoms with Crippen molar-refractivity contribution in [1.29, 1.82) is 0 Å². The number of fused-ring (bicyclic) bond motifs is 17. The third kappa shape index (κ3) is 3.90. The quantitative estimate of drug-likeness (QED) is 0.175. The molecule has 3 aliphatic carbocycles. The van der Waals surface area contributed by atoms with Crippen LogP contribution in [-0.2, 0) is 0 Å². The second-order valence-corrected chi connectivity index (χ2v) is 14.1. The van der Waals surface area contributed by atoms with E-state index in [-0.39, 0.29) is 0 Å². The standard InChI is InChI=1S/C48H33N/c1-2-12-29(13-3-1)42-28-44-45-30-22-23-31(26-30)46(45)47(49-48(44)41-21-11-10-20-39(41)42)32-24-25-40-37-18-7-6-16-35(37)33-14-4-5-15-34(33)36-17-8-9-19-38(36)43(40)27-32/h1-21,24-25,27-28,30-31H,22-23,26H2. The van der Waals surface area contributed by atoms with Gasteiger partial charge >= 0.3 is 0 Å². The molecule has 0 radical (unpaired) electrons. The molecule has 0 spiro atoms. The summed E-state index contributed by atoms with van der Waals surface area (Å²) in [6.45, 7) is 0. The van der Waals surface area contributed by atoms with Crippen LogP contribution in [0.2, 0.25) is 0 Å². The highest BCUT2D eigenvalue weighted by atomic mass is 14.7. The Kier molecular flexibility index (Phi) is 5.75. The lowest BCUT2D eigenvalue weighted by molar-refractivity contribution is 0.720. The summed E-state index contributed by atoms with van der Waals surface area (Å²) in [6.07, 6.45) is 3.78. The molecule has 8 aromatic rings. The molecule has 0 saturated heterocycles. The lowest BCUT2D eigenvalue weighted by atomic mass is 9.79. The predicted molar refractivity (Wildman–Crippen MR) is 205 cm³/mol. The first-order valence-electron chi connectivity index (χ1n) is 17.7. The molecule has 3 aliphatic rings. The van der Waals surface area contributed by atoms with Crippen LogP contribution in [0.15, 0.2) is 152 Å². The van der Waals surface area contributed by atoms with Crippen molar-refractivity contribution in [3.05, 3.63) is 163 Å². The molecule has 2 unspecified atom stereocenters. The third-order valence-electron chi connectivity index (χ3n) is 11.6. The van der Waals surface area contributed by atoms with Gasteiger partial charge in [0, 0.05) is 16.3 Å². The average molecular weight is 624 g/mol. The van der Waals surface area contributed by atoms with Crippen molar-refractivity contribution >= 4 is 21.7 Å². The first-order valence-corrected chi connectivity index (χ1v) is 17.7. The highest BCUT2D eigenvalue weighted by molar-refractivity contribution is 6.14. The predicted octanol–water partition coefficient (Wildman–Crippen LogP) is 13.1. The number of hydrogen-bond acceptors (Lipinski definition) is 1. The maximum absolute atomic E-state index is 5.73. The minimum Gasteiger partial charge on any atom is -0.247 e. The zero-order chi connectivity index (χ0) is 32.1. The smallest absolute Gasteiger partial charge is 0.0791 e. The Morgan fingerprint density at radius 2 is 0.878 bits per heavy atom. The summed E-state index contributed by atoms with van der Waals surface area (Å²) < 4.78 is 0. The molecule has 1 nitrogen and oxygen atoms in total. The lowest BCUT2D eigenvalue weighted by Crippen LogP contribution is -2.05. The first-order chi connectivity index (χ1) is 24.3. The Hall–Kier alpha value is -5.79. The SMILES string of the molecule is c1ccc(-c2cc3c4c(c(-c5ccc6c(c5)-c5ccccc5-c5ccccc5-c5ccccc5-6)nc3c3ccccc23)C2CCC4C2)cc1. The van der Waals surface area contributed by atoms with Crippen molar-refractivity contribution < 1.29 is 0 Å². The largest absolute Gasteiger partial charge is 0.247 e. The molecular formula is C48H33N. The molecule has 1 fully saturated rings. The van der Waals surface area contributed by atoms with E-state index in [1.54, 1.807) is 5.56 Å². The van der Waals surface area contributed by atoms with Gasteiger partial charge in [-0.05, 0) is 115 Å². The maximum Gasteiger partial charge on any atom is 0.0791 e. The van der Waals surface area contributed by atoms with Crippen LogP contribution in [0.4, 0.5) is 0 Å². The number of pyridine rings is 1. The van der Waals surface area contributed by atoms with Crippen molar-refractivity contribution in [2.75, 3.05) is 0 Å². The summed E-state index contributed by atoms with van der Waals surface area (Å²) in [5.74, 6) is 1.17. The summed E-state index contributed by atoms with van der Waals surface area (Å²) in [5, 5.41) is 3.86. The van der Waals surface area contributed by atoms with Gasteiger partial charge in [0.05, 0.1) is 11.2 Å². The van der Waals surface area contributed by atoms with E-state index in [0.29, 0.717) is 11.8 Å². The zero-order valence-electron chi connectivity index (χ0n) is 27.2. The third-order valence-corrected chi connectivity index (χ3v) is 11.6. The van der Waals surface area contributed by atoms with Gasteiger partial charge in [0.2, 0.25) is 0 Å². The number of aromatic nitrogens is 1. The van der Waals surface area contributed by atoms with Gasteiger partial charge in [-0.15, -0.1) is 0 Å². The lowest BCUT2D eigenvalue weighted by Gasteiger charge is -2.25.